The summed E-state index contributed by atoms with van der Waals surface area (Å²) in [4.78, 5) is 22.2. The number of hydrogen-bond donors (Lipinski definition) is 0. The van der Waals surface area contributed by atoms with Crippen LogP contribution in [-0.4, -0.2) is 32.5 Å². The number of rotatable bonds is 5. The molecule has 0 bridgehead atoms. The standard InChI is InChI=1S/C24H22N4O2S/c1-15-7-3-4-8-16(15)14-31-24-26-23-25-20-11-17(18-9-5-6-10-22(18)30-2)12-21(29)19(20)13-28(23)27-24/h3-10,13,17H,11-12,14H2,1-2H3/t17-/m0/s1. The highest BCUT2D eigenvalue weighted by Crippen LogP contribution is 2.36. The molecule has 0 saturated carbocycles. The van der Waals surface area contributed by atoms with Crippen molar-refractivity contribution in [3.63, 3.8) is 0 Å². The normalized spacial score (nSPS) is 15.8. The van der Waals surface area contributed by atoms with E-state index in [9.17, 15) is 4.79 Å². The number of aromatic nitrogens is 4. The largest absolute Gasteiger partial charge is 0.496 e. The van der Waals surface area contributed by atoms with E-state index >= 15 is 0 Å². The molecule has 0 unspecified atom stereocenters. The summed E-state index contributed by atoms with van der Waals surface area (Å²) in [6.45, 7) is 2.10. The summed E-state index contributed by atoms with van der Waals surface area (Å²) in [5.41, 5.74) is 4.97. The second-order valence-corrected chi connectivity index (χ2v) is 8.67. The highest BCUT2D eigenvalue weighted by atomic mass is 32.2. The first-order valence-electron chi connectivity index (χ1n) is 10.2. The zero-order valence-electron chi connectivity index (χ0n) is 17.4. The second-order valence-electron chi connectivity index (χ2n) is 7.73. The first kappa shape index (κ1) is 19.8. The summed E-state index contributed by atoms with van der Waals surface area (Å²) in [6, 6.07) is 16.2. The third-order valence-corrected chi connectivity index (χ3v) is 6.65. The van der Waals surface area contributed by atoms with E-state index in [4.69, 9.17) is 9.72 Å². The first-order valence-corrected chi connectivity index (χ1v) is 11.2. The van der Waals surface area contributed by atoms with E-state index in [2.05, 4.69) is 29.1 Å². The van der Waals surface area contributed by atoms with Gasteiger partial charge in [-0.05, 0) is 36.1 Å². The molecule has 1 atom stereocenters. The van der Waals surface area contributed by atoms with Gasteiger partial charge in [0.25, 0.3) is 5.78 Å². The van der Waals surface area contributed by atoms with Crippen LogP contribution >= 0.6 is 11.8 Å². The number of ether oxygens (including phenoxy) is 1. The molecular formula is C24H22N4O2S. The van der Waals surface area contributed by atoms with Crippen molar-refractivity contribution in [1.29, 1.82) is 0 Å². The predicted molar refractivity (Wildman–Crippen MR) is 120 cm³/mol. The molecule has 0 fully saturated rings. The number of ketones is 1. The van der Waals surface area contributed by atoms with Gasteiger partial charge in [0.2, 0.25) is 5.16 Å². The summed E-state index contributed by atoms with van der Waals surface area (Å²) in [5, 5.41) is 5.20. The van der Waals surface area contributed by atoms with Crippen LogP contribution in [0, 0.1) is 6.92 Å². The van der Waals surface area contributed by atoms with Crippen molar-refractivity contribution in [2.24, 2.45) is 0 Å². The molecule has 1 aliphatic carbocycles. The Labute approximate surface area is 184 Å². The lowest BCUT2D eigenvalue weighted by molar-refractivity contribution is 0.0962. The van der Waals surface area contributed by atoms with Gasteiger partial charge in [-0.1, -0.05) is 54.2 Å². The quantitative estimate of drug-likeness (QED) is 0.430. The topological polar surface area (TPSA) is 69.4 Å². The number of thioether (sulfide) groups is 1. The molecule has 6 nitrogen and oxygen atoms in total. The molecule has 0 radical (unpaired) electrons. The highest BCUT2D eigenvalue weighted by Gasteiger charge is 2.30. The summed E-state index contributed by atoms with van der Waals surface area (Å²) in [7, 11) is 1.66. The maximum absolute atomic E-state index is 12.9. The van der Waals surface area contributed by atoms with Crippen molar-refractivity contribution in [2.45, 2.75) is 36.6 Å². The minimum absolute atomic E-state index is 0.0453. The van der Waals surface area contributed by atoms with Gasteiger partial charge in [-0.3, -0.25) is 4.79 Å². The van der Waals surface area contributed by atoms with Crippen LogP contribution in [0.4, 0.5) is 0 Å². The van der Waals surface area contributed by atoms with Crippen molar-refractivity contribution in [3.8, 4) is 5.75 Å². The lowest BCUT2D eigenvalue weighted by atomic mass is 9.82. The molecule has 0 saturated heterocycles. The fourth-order valence-electron chi connectivity index (χ4n) is 4.06. The molecule has 2 aromatic carbocycles. The van der Waals surface area contributed by atoms with E-state index in [0.29, 0.717) is 29.3 Å². The number of Topliss-reactive ketones (excluding diaryl/α,β-unsaturated/α-hetero) is 1. The van der Waals surface area contributed by atoms with E-state index in [1.54, 1.807) is 29.6 Å². The number of para-hydroxylation sites is 1. The Kier molecular flexibility index (Phi) is 5.19. The zero-order chi connectivity index (χ0) is 21.4. The molecule has 0 spiro atoms. The lowest BCUT2D eigenvalue weighted by Gasteiger charge is -2.24. The van der Waals surface area contributed by atoms with E-state index in [0.717, 1.165) is 22.8 Å². The van der Waals surface area contributed by atoms with Crippen LogP contribution in [0.5, 0.6) is 5.75 Å². The molecule has 31 heavy (non-hydrogen) atoms. The lowest BCUT2D eigenvalue weighted by Crippen LogP contribution is -2.21. The van der Waals surface area contributed by atoms with E-state index in [-0.39, 0.29) is 11.7 Å². The second kappa shape index (κ2) is 8.15. The minimum Gasteiger partial charge on any atom is -0.496 e. The molecule has 7 heteroatoms. The van der Waals surface area contributed by atoms with Crippen LogP contribution in [0.25, 0.3) is 5.78 Å². The van der Waals surface area contributed by atoms with Crippen LogP contribution in [-0.2, 0) is 12.2 Å². The van der Waals surface area contributed by atoms with Gasteiger partial charge in [0, 0.05) is 24.3 Å². The number of fused-ring (bicyclic) bond motifs is 2. The minimum atomic E-state index is 0.0453. The molecule has 2 aromatic heterocycles. The highest BCUT2D eigenvalue weighted by molar-refractivity contribution is 7.98. The Morgan fingerprint density at radius 2 is 1.90 bits per heavy atom. The SMILES string of the molecule is COc1ccccc1[C@@H]1CC(=O)c2cn3nc(SCc4ccccc4C)nc3nc2C1. The van der Waals surface area contributed by atoms with Gasteiger partial charge in [0.05, 0.1) is 18.4 Å². The van der Waals surface area contributed by atoms with Crippen LogP contribution < -0.4 is 4.74 Å². The molecular weight excluding hydrogens is 408 g/mol. The Morgan fingerprint density at radius 3 is 2.74 bits per heavy atom. The fourth-order valence-corrected chi connectivity index (χ4v) is 4.96. The number of benzene rings is 2. The van der Waals surface area contributed by atoms with Crippen molar-refractivity contribution < 1.29 is 9.53 Å². The smallest absolute Gasteiger partial charge is 0.253 e. The van der Waals surface area contributed by atoms with Crippen molar-refractivity contribution in [2.75, 3.05) is 7.11 Å². The number of hydrogen-bond acceptors (Lipinski definition) is 6. The number of carbonyl (C=O) groups is 1. The maximum Gasteiger partial charge on any atom is 0.253 e. The van der Waals surface area contributed by atoms with E-state index in [1.807, 2.05) is 36.4 Å². The van der Waals surface area contributed by atoms with Gasteiger partial charge in [0.1, 0.15) is 5.75 Å². The van der Waals surface area contributed by atoms with Gasteiger partial charge >= 0.3 is 0 Å². The molecule has 156 valence electrons. The fraction of sp³-hybridized carbons (Fsp3) is 0.250. The number of carbonyl (C=O) groups excluding carboxylic acids is 1. The molecule has 0 aliphatic heterocycles. The molecule has 5 rings (SSSR count). The van der Waals surface area contributed by atoms with Crippen LogP contribution in [0.15, 0.2) is 59.9 Å². The van der Waals surface area contributed by atoms with Gasteiger partial charge < -0.3 is 4.74 Å². The molecule has 2 heterocycles. The Bertz CT molecular complexity index is 1280. The molecule has 0 amide bonds. The summed E-state index contributed by atoms with van der Waals surface area (Å²) in [6.07, 6.45) is 2.89. The van der Waals surface area contributed by atoms with Crippen LogP contribution in [0.3, 0.4) is 0 Å². The first-order chi connectivity index (χ1) is 15.1. The summed E-state index contributed by atoms with van der Waals surface area (Å²) in [5.74, 6) is 2.25. The molecule has 0 N–H and O–H groups in total. The van der Waals surface area contributed by atoms with Gasteiger partial charge in [-0.25, -0.2) is 9.50 Å². The van der Waals surface area contributed by atoms with Crippen molar-refractivity contribution in [3.05, 3.63) is 82.7 Å². The molecule has 1 aliphatic rings. The maximum atomic E-state index is 12.9. The number of nitrogens with zero attached hydrogens (tertiary/aromatic N) is 4. The van der Waals surface area contributed by atoms with Crippen molar-refractivity contribution in [1.82, 2.24) is 19.6 Å². The van der Waals surface area contributed by atoms with Crippen LogP contribution in [0.2, 0.25) is 0 Å². The summed E-state index contributed by atoms with van der Waals surface area (Å²) < 4.78 is 7.13. The Morgan fingerprint density at radius 1 is 1.10 bits per heavy atom. The third-order valence-electron chi connectivity index (χ3n) is 5.76. The van der Waals surface area contributed by atoms with E-state index < -0.39 is 0 Å². The molecule has 4 aromatic rings. The summed E-state index contributed by atoms with van der Waals surface area (Å²) >= 11 is 1.57. The monoisotopic (exact) mass is 430 g/mol. The predicted octanol–water partition coefficient (Wildman–Crippen LogP) is 4.65. The van der Waals surface area contributed by atoms with Gasteiger partial charge in [0.15, 0.2) is 5.78 Å². The third kappa shape index (κ3) is 3.81. The average molecular weight is 431 g/mol. The number of methoxy groups -OCH3 is 1. The van der Waals surface area contributed by atoms with Crippen molar-refractivity contribution >= 4 is 23.3 Å². The van der Waals surface area contributed by atoms with Gasteiger partial charge in [-0.2, -0.15) is 4.98 Å². The zero-order valence-corrected chi connectivity index (χ0v) is 18.2. The van der Waals surface area contributed by atoms with Gasteiger partial charge in [-0.15, -0.1) is 5.10 Å². The average Bonchev–Trinajstić information content (AvgIpc) is 3.19. The van der Waals surface area contributed by atoms with Crippen LogP contribution in [0.1, 0.15) is 45.1 Å². The van der Waals surface area contributed by atoms with E-state index in [1.165, 1.54) is 11.1 Å². The Hall–Kier alpha value is -3.19. The Balaban J connectivity index is 1.42. The number of aryl methyl sites for hydroxylation is 1.